The highest BCUT2D eigenvalue weighted by Gasteiger charge is 2.31. The molecule has 1 fully saturated rings. The fraction of sp³-hybridized carbons (Fsp3) is 0.316. The summed E-state index contributed by atoms with van der Waals surface area (Å²) in [6.45, 7) is 1.10. The van der Waals surface area contributed by atoms with Crippen molar-refractivity contribution in [1.29, 1.82) is 0 Å². The third-order valence-corrected chi connectivity index (χ3v) is 6.59. The van der Waals surface area contributed by atoms with Crippen LogP contribution in [0.3, 0.4) is 0 Å². The van der Waals surface area contributed by atoms with Gasteiger partial charge in [-0.2, -0.15) is 4.31 Å². The first-order valence-corrected chi connectivity index (χ1v) is 10.1. The zero-order valence-corrected chi connectivity index (χ0v) is 15.9. The molecular formula is C19H23N3O4S. The quantitative estimate of drug-likeness (QED) is 0.830. The average molecular weight is 389 g/mol. The van der Waals surface area contributed by atoms with E-state index in [1.807, 2.05) is 30.3 Å². The van der Waals surface area contributed by atoms with Crippen LogP contribution in [0.25, 0.3) is 0 Å². The fourth-order valence-corrected chi connectivity index (χ4v) is 4.47. The molecule has 0 spiro atoms. The maximum absolute atomic E-state index is 12.8. The van der Waals surface area contributed by atoms with Crippen molar-refractivity contribution in [1.82, 2.24) is 9.21 Å². The molecule has 3 rings (SSSR count). The number of rotatable bonds is 5. The molecule has 7 nitrogen and oxygen atoms in total. The molecule has 1 unspecified atom stereocenters. The number of piperazine rings is 1. The van der Waals surface area contributed by atoms with E-state index in [1.165, 1.54) is 23.5 Å². The molecule has 2 N–H and O–H groups in total. The minimum absolute atomic E-state index is 0.192. The average Bonchev–Trinajstić information content (AvgIpc) is 2.73. The number of hydrogen-bond acceptors (Lipinski definition) is 5. The van der Waals surface area contributed by atoms with E-state index in [9.17, 15) is 13.2 Å². The Morgan fingerprint density at radius 3 is 2.15 bits per heavy atom. The predicted molar refractivity (Wildman–Crippen MR) is 102 cm³/mol. The molecule has 0 aliphatic carbocycles. The van der Waals surface area contributed by atoms with Gasteiger partial charge in [0.05, 0.1) is 12.0 Å². The first-order chi connectivity index (χ1) is 12.9. The van der Waals surface area contributed by atoms with Gasteiger partial charge in [0.25, 0.3) is 0 Å². The van der Waals surface area contributed by atoms with Crippen LogP contribution in [0, 0.1) is 0 Å². The first kappa shape index (κ1) is 19.3. The third kappa shape index (κ3) is 4.13. The molecule has 1 saturated heterocycles. The predicted octanol–water partition coefficient (Wildman–Crippen LogP) is 1.23. The molecule has 27 heavy (non-hydrogen) atoms. The Kier molecular flexibility index (Phi) is 5.79. The lowest BCUT2D eigenvalue weighted by molar-refractivity contribution is -0.133. The van der Waals surface area contributed by atoms with E-state index in [4.69, 9.17) is 10.5 Å². The molecule has 1 amide bonds. The van der Waals surface area contributed by atoms with E-state index in [-0.39, 0.29) is 23.9 Å². The summed E-state index contributed by atoms with van der Waals surface area (Å²) in [5, 5.41) is 0. The van der Waals surface area contributed by atoms with Crippen LogP contribution in [0.15, 0.2) is 59.5 Å². The lowest BCUT2D eigenvalue weighted by Gasteiger charge is -2.35. The summed E-state index contributed by atoms with van der Waals surface area (Å²) >= 11 is 0. The van der Waals surface area contributed by atoms with Gasteiger partial charge in [-0.15, -0.1) is 0 Å². The van der Waals surface area contributed by atoms with E-state index in [2.05, 4.69) is 0 Å². The van der Waals surface area contributed by atoms with E-state index in [1.54, 1.807) is 17.0 Å². The van der Waals surface area contributed by atoms with Crippen LogP contribution in [-0.4, -0.2) is 56.8 Å². The number of nitrogens with two attached hydrogens (primary N) is 1. The van der Waals surface area contributed by atoms with E-state index >= 15 is 0 Å². The lowest BCUT2D eigenvalue weighted by Crippen LogP contribution is -2.52. The van der Waals surface area contributed by atoms with E-state index in [0.717, 1.165) is 5.56 Å². The summed E-state index contributed by atoms with van der Waals surface area (Å²) < 4.78 is 32.0. The Hall–Kier alpha value is -2.42. The molecule has 0 bridgehead atoms. The second kappa shape index (κ2) is 8.08. The zero-order valence-electron chi connectivity index (χ0n) is 15.1. The molecule has 0 radical (unpaired) electrons. The van der Waals surface area contributed by atoms with E-state index < -0.39 is 16.1 Å². The van der Waals surface area contributed by atoms with Gasteiger partial charge in [0, 0.05) is 26.2 Å². The van der Waals surface area contributed by atoms with Crippen LogP contribution in [0.2, 0.25) is 0 Å². The van der Waals surface area contributed by atoms with Gasteiger partial charge in [0.15, 0.2) is 0 Å². The Bertz CT molecular complexity index is 877. The normalized spacial score (nSPS) is 16.7. The molecule has 1 atom stereocenters. The van der Waals surface area contributed by atoms with Crippen molar-refractivity contribution in [2.75, 3.05) is 33.3 Å². The topological polar surface area (TPSA) is 92.9 Å². The van der Waals surface area contributed by atoms with Gasteiger partial charge in [-0.25, -0.2) is 8.42 Å². The Balaban J connectivity index is 1.64. The SMILES string of the molecule is COc1ccc(S(=O)(=O)N2CCN(C(=O)C(N)c3ccccc3)CC2)cc1. The van der Waals surface area contributed by atoms with Gasteiger partial charge in [-0.3, -0.25) is 4.79 Å². The van der Waals surface area contributed by atoms with E-state index in [0.29, 0.717) is 18.8 Å². The maximum Gasteiger partial charge on any atom is 0.244 e. The van der Waals surface area contributed by atoms with Crippen LogP contribution < -0.4 is 10.5 Å². The van der Waals surface area contributed by atoms with Crippen molar-refractivity contribution in [2.24, 2.45) is 5.73 Å². The third-order valence-electron chi connectivity index (χ3n) is 4.67. The number of hydrogen-bond donors (Lipinski definition) is 1. The molecule has 0 saturated carbocycles. The monoisotopic (exact) mass is 389 g/mol. The van der Waals surface area contributed by atoms with Gasteiger partial charge < -0.3 is 15.4 Å². The lowest BCUT2D eigenvalue weighted by atomic mass is 10.1. The number of sulfonamides is 1. The van der Waals surface area contributed by atoms with Crippen LogP contribution in [0.1, 0.15) is 11.6 Å². The van der Waals surface area contributed by atoms with Crippen molar-refractivity contribution < 1.29 is 17.9 Å². The summed E-state index contributed by atoms with van der Waals surface area (Å²) in [5.41, 5.74) is 6.82. The molecule has 1 aliphatic heterocycles. The largest absolute Gasteiger partial charge is 0.497 e. The summed E-state index contributed by atoms with van der Waals surface area (Å²) in [7, 11) is -2.07. The van der Waals surface area contributed by atoms with Gasteiger partial charge >= 0.3 is 0 Å². The highest BCUT2D eigenvalue weighted by Crippen LogP contribution is 2.21. The fourth-order valence-electron chi connectivity index (χ4n) is 3.05. The Labute approximate surface area is 159 Å². The number of carbonyl (C=O) groups is 1. The minimum atomic E-state index is -3.60. The smallest absolute Gasteiger partial charge is 0.244 e. The summed E-state index contributed by atoms with van der Waals surface area (Å²) in [4.78, 5) is 14.4. The molecular weight excluding hydrogens is 366 g/mol. The second-order valence-corrected chi connectivity index (χ2v) is 8.23. The molecule has 2 aromatic carbocycles. The number of carbonyl (C=O) groups excluding carboxylic acids is 1. The standard InChI is InChI=1S/C19H23N3O4S/c1-26-16-7-9-17(10-8-16)27(24,25)22-13-11-21(12-14-22)19(23)18(20)15-5-3-2-4-6-15/h2-10,18H,11-14,20H2,1H3. The van der Waals surface area contributed by atoms with Crippen LogP contribution >= 0.6 is 0 Å². The van der Waals surface area contributed by atoms with Crippen molar-refractivity contribution in [3.8, 4) is 5.75 Å². The summed E-state index contributed by atoms with van der Waals surface area (Å²) in [5.74, 6) is 0.405. The van der Waals surface area contributed by atoms with Crippen molar-refractivity contribution in [2.45, 2.75) is 10.9 Å². The number of methoxy groups -OCH3 is 1. The van der Waals surface area contributed by atoms with Crippen molar-refractivity contribution in [3.63, 3.8) is 0 Å². The van der Waals surface area contributed by atoms with Gasteiger partial charge in [-0.05, 0) is 29.8 Å². The van der Waals surface area contributed by atoms with Crippen LogP contribution in [-0.2, 0) is 14.8 Å². The van der Waals surface area contributed by atoms with Crippen molar-refractivity contribution >= 4 is 15.9 Å². The molecule has 1 heterocycles. The second-order valence-electron chi connectivity index (χ2n) is 6.29. The highest BCUT2D eigenvalue weighted by atomic mass is 32.2. The van der Waals surface area contributed by atoms with Gasteiger partial charge in [0.1, 0.15) is 11.8 Å². The Morgan fingerprint density at radius 1 is 1.00 bits per heavy atom. The Morgan fingerprint density at radius 2 is 1.59 bits per heavy atom. The number of amides is 1. The molecule has 144 valence electrons. The van der Waals surface area contributed by atoms with Gasteiger partial charge in [0.2, 0.25) is 15.9 Å². The molecule has 8 heteroatoms. The zero-order chi connectivity index (χ0) is 19.4. The molecule has 2 aromatic rings. The van der Waals surface area contributed by atoms with Crippen LogP contribution in [0.4, 0.5) is 0 Å². The number of nitrogens with zero attached hydrogens (tertiary/aromatic N) is 2. The summed E-state index contributed by atoms with van der Waals surface area (Å²) in [6.07, 6.45) is 0. The summed E-state index contributed by atoms with van der Waals surface area (Å²) in [6, 6.07) is 14.7. The maximum atomic E-state index is 12.8. The van der Waals surface area contributed by atoms with Crippen molar-refractivity contribution in [3.05, 3.63) is 60.2 Å². The number of ether oxygens (including phenoxy) is 1. The highest BCUT2D eigenvalue weighted by molar-refractivity contribution is 7.89. The molecule has 1 aliphatic rings. The molecule has 0 aromatic heterocycles. The van der Waals surface area contributed by atoms with Crippen LogP contribution in [0.5, 0.6) is 5.75 Å². The van der Waals surface area contributed by atoms with Gasteiger partial charge in [-0.1, -0.05) is 30.3 Å². The first-order valence-electron chi connectivity index (χ1n) is 8.67. The minimum Gasteiger partial charge on any atom is -0.497 e. The number of benzene rings is 2.